The fourth-order valence-electron chi connectivity index (χ4n) is 3.42. The molecule has 1 unspecified atom stereocenters. The summed E-state index contributed by atoms with van der Waals surface area (Å²) in [6.07, 6.45) is -0.516. The zero-order chi connectivity index (χ0) is 16.8. The molecule has 1 N–H and O–H groups in total. The third-order valence-corrected chi connectivity index (χ3v) is 4.88. The Kier molecular flexibility index (Phi) is 3.70. The van der Waals surface area contributed by atoms with Gasteiger partial charge in [-0.05, 0) is 44.5 Å². The van der Waals surface area contributed by atoms with Gasteiger partial charge in [0.25, 0.3) is 0 Å². The molecule has 0 fully saturated rings. The summed E-state index contributed by atoms with van der Waals surface area (Å²) in [5.41, 5.74) is 5.36. The highest BCUT2D eigenvalue weighted by Gasteiger charge is 2.22. The molecule has 0 saturated heterocycles. The van der Waals surface area contributed by atoms with Crippen molar-refractivity contribution in [1.82, 2.24) is 14.7 Å². The third-order valence-electron chi connectivity index (χ3n) is 4.88. The Labute approximate surface area is 141 Å². The molecule has 5 heteroatoms. The van der Waals surface area contributed by atoms with Gasteiger partial charge in [-0.15, -0.1) is 0 Å². The lowest BCUT2D eigenvalue weighted by Gasteiger charge is -2.26. The van der Waals surface area contributed by atoms with Gasteiger partial charge in [0.15, 0.2) is 0 Å². The van der Waals surface area contributed by atoms with Gasteiger partial charge < -0.3 is 9.52 Å². The molecule has 1 atom stereocenters. The maximum Gasteiger partial charge on any atom is 0.134 e. The minimum Gasteiger partial charge on any atom is -0.459 e. The van der Waals surface area contributed by atoms with E-state index in [-0.39, 0.29) is 0 Å². The van der Waals surface area contributed by atoms with Crippen molar-refractivity contribution >= 4 is 11.0 Å². The van der Waals surface area contributed by atoms with Crippen molar-refractivity contribution in [2.45, 2.75) is 46.5 Å². The van der Waals surface area contributed by atoms with E-state index in [0.29, 0.717) is 0 Å². The molecule has 1 aromatic carbocycles. The van der Waals surface area contributed by atoms with Gasteiger partial charge in [-0.1, -0.05) is 11.6 Å². The molecule has 24 heavy (non-hydrogen) atoms. The molecular formula is C19H23N3O2. The normalized spacial score (nSPS) is 16.5. The molecule has 0 radical (unpaired) electrons. The molecule has 0 spiro atoms. The second-order valence-electron chi connectivity index (χ2n) is 6.82. The van der Waals surface area contributed by atoms with E-state index >= 15 is 0 Å². The Morgan fingerprint density at radius 3 is 2.88 bits per heavy atom. The Morgan fingerprint density at radius 2 is 2.08 bits per heavy atom. The molecule has 2 aromatic heterocycles. The van der Waals surface area contributed by atoms with Gasteiger partial charge in [0.05, 0.1) is 30.6 Å². The summed E-state index contributed by atoms with van der Waals surface area (Å²) in [7, 11) is 0. The van der Waals surface area contributed by atoms with E-state index in [2.05, 4.69) is 42.0 Å². The maximum atomic E-state index is 9.71. The van der Waals surface area contributed by atoms with E-state index in [4.69, 9.17) is 4.42 Å². The van der Waals surface area contributed by atoms with Gasteiger partial charge in [-0.3, -0.25) is 9.58 Å². The maximum absolute atomic E-state index is 9.71. The third kappa shape index (κ3) is 2.64. The van der Waals surface area contributed by atoms with Crippen LogP contribution in [0.2, 0.25) is 0 Å². The van der Waals surface area contributed by atoms with Crippen LogP contribution in [0.4, 0.5) is 0 Å². The van der Waals surface area contributed by atoms with Crippen LogP contribution in [-0.2, 0) is 19.6 Å². The Balaban J connectivity index is 1.57. The number of hydrogen-bond donors (Lipinski definition) is 1. The minimum absolute atomic E-state index is 0.516. The van der Waals surface area contributed by atoms with Gasteiger partial charge in [-0.2, -0.15) is 5.10 Å². The molecule has 1 aliphatic heterocycles. The molecular weight excluding hydrogens is 302 g/mol. The summed E-state index contributed by atoms with van der Waals surface area (Å²) in [6, 6.07) is 8.34. The zero-order valence-corrected chi connectivity index (χ0v) is 14.4. The van der Waals surface area contributed by atoms with Crippen LogP contribution in [0, 0.1) is 13.8 Å². The summed E-state index contributed by atoms with van der Waals surface area (Å²) in [4.78, 5) is 2.38. The number of aromatic nitrogens is 2. The first-order valence-corrected chi connectivity index (χ1v) is 8.47. The molecule has 5 nitrogen and oxygen atoms in total. The summed E-state index contributed by atoms with van der Waals surface area (Å²) in [6.45, 7) is 9.41. The van der Waals surface area contributed by atoms with Crippen LogP contribution in [0.15, 0.2) is 28.7 Å². The second-order valence-corrected chi connectivity index (χ2v) is 6.82. The number of aryl methyl sites for hydroxylation is 2. The lowest BCUT2D eigenvalue weighted by molar-refractivity contribution is 0.185. The molecule has 4 rings (SSSR count). The standard InChI is InChI=1S/C19H23N3O2/c1-12-4-5-18-16(8-12)13(2)19(24-18)11-21-6-7-22-15(10-21)9-17(20-22)14(3)23/h4-5,8-9,14,23H,6-7,10-11H2,1-3H3. The average molecular weight is 325 g/mol. The summed E-state index contributed by atoms with van der Waals surface area (Å²) in [5, 5.41) is 15.4. The van der Waals surface area contributed by atoms with Gasteiger partial charge in [-0.25, -0.2) is 0 Å². The number of furan rings is 1. The number of hydrogen-bond acceptors (Lipinski definition) is 4. The molecule has 0 bridgehead atoms. The Morgan fingerprint density at radius 1 is 1.25 bits per heavy atom. The zero-order valence-electron chi connectivity index (χ0n) is 14.4. The molecule has 1 aliphatic rings. The average Bonchev–Trinajstić information content (AvgIpc) is 3.10. The molecule has 3 heterocycles. The predicted molar refractivity (Wildman–Crippen MR) is 92.7 cm³/mol. The Hall–Kier alpha value is -2.11. The van der Waals surface area contributed by atoms with E-state index in [9.17, 15) is 5.11 Å². The molecule has 0 amide bonds. The van der Waals surface area contributed by atoms with Crippen molar-refractivity contribution < 1.29 is 9.52 Å². The quantitative estimate of drug-likeness (QED) is 0.802. The lowest BCUT2D eigenvalue weighted by Crippen LogP contribution is -2.33. The highest BCUT2D eigenvalue weighted by molar-refractivity contribution is 5.82. The molecule has 3 aromatic rings. The largest absolute Gasteiger partial charge is 0.459 e. The fourth-order valence-corrected chi connectivity index (χ4v) is 3.42. The number of benzene rings is 1. The number of aliphatic hydroxyl groups is 1. The number of fused-ring (bicyclic) bond motifs is 2. The highest BCUT2D eigenvalue weighted by Crippen LogP contribution is 2.28. The number of rotatable bonds is 3. The number of aliphatic hydroxyl groups excluding tert-OH is 1. The van der Waals surface area contributed by atoms with Crippen molar-refractivity contribution in [1.29, 1.82) is 0 Å². The first kappa shape index (κ1) is 15.4. The van der Waals surface area contributed by atoms with Crippen molar-refractivity contribution in [2.24, 2.45) is 0 Å². The molecule has 0 aliphatic carbocycles. The smallest absolute Gasteiger partial charge is 0.134 e. The van der Waals surface area contributed by atoms with E-state index < -0.39 is 6.10 Å². The lowest BCUT2D eigenvalue weighted by atomic mass is 10.1. The van der Waals surface area contributed by atoms with Crippen LogP contribution in [-0.4, -0.2) is 26.3 Å². The first-order valence-electron chi connectivity index (χ1n) is 8.47. The summed E-state index contributed by atoms with van der Waals surface area (Å²) in [5.74, 6) is 1.04. The van der Waals surface area contributed by atoms with Crippen LogP contribution in [0.5, 0.6) is 0 Å². The first-order chi connectivity index (χ1) is 11.5. The van der Waals surface area contributed by atoms with Gasteiger partial charge in [0, 0.05) is 18.5 Å². The summed E-state index contributed by atoms with van der Waals surface area (Å²) >= 11 is 0. The van der Waals surface area contributed by atoms with E-state index in [1.54, 1.807) is 6.92 Å². The second kappa shape index (κ2) is 5.76. The minimum atomic E-state index is -0.516. The van der Waals surface area contributed by atoms with E-state index in [1.165, 1.54) is 16.5 Å². The SMILES string of the molecule is Cc1ccc2oc(CN3CCn4nc(C(C)O)cc4C3)c(C)c2c1. The molecule has 0 saturated carbocycles. The van der Waals surface area contributed by atoms with Gasteiger partial charge >= 0.3 is 0 Å². The molecule has 126 valence electrons. The summed E-state index contributed by atoms with van der Waals surface area (Å²) < 4.78 is 8.09. The van der Waals surface area contributed by atoms with Crippen molar-refractivity contribution in [3.63, 3.8) is 0 Å². The van der Waals surface area contributed by atoms with Crippen molar-refractivity contribution in [2.75, 3.05) is 6.54 Å². The Bertz CT molecular complexity index is 892. The topological polar surface area (TPSA) is 54.4 Å². The van der Waals surface area contributed by atoms with Crippen molar-refractivity contribution in [3.8, 4) is 0 Å². The van der Waals surface area contributed by atoms with Crippen molar-refractivity contribution in [3.05, 3.63) is 52.5 Å². The van der Waals surface area contributed by atoms with Crippen LogP contribution in [0.3, 0.4) is 0 Å². The van der Waals surface area contributed by atoms with Gasteiger partial charge in [0.2, 0.25) is 0 Å². The van der Waals surface area contributed by atoms with Gasteiger partial charge in [0.1, 0.15) is 11.3 Å². The monoisotopic (exact) mass is 325 g/mol. The van der Waals surface area contributed by atoms with Crippen LogP contribution < -0.4 is 0 Å². The van der Waals surface area contributed by atoms with E-state index in [0.717, 1.165) is 48.9 Å². The predicted octanol–water partition coefficient (Wildman–Crippen LogP) is 3.32. The highest BCUT2D eigenvalue weighted by atomic mass is 16.3. The van der Waals surface area contributed by atoms with Crippen LogP contribution in [0.25, 0.3) is 11.0 Å². The van der Waals surface area contributed by atoms with E-state index in [1.807, 2.05) is 10.7 Å². The number of nitrogens with zero attached hydrogens (tertiary/aromatic N) is 3. The van der Waals surface area contributed by atoms with Crippen LogP contribution in [0.1, 0.15) is 41.3 Å². The van der Waals surface area contributed by atoms with Crippen LogP contribution >= 0.6 is 0 Å². The fraction of sp³-hybridized carbons (Fsp3) is 0.421.